The molecule has 0 unspecified atom stereocenters. The predicted octanol–water partition coefficient (Wildman–Crippen LogP) is 7.41. The van der Waals surface area contributed by atoms with Crippen molar-refractivity contribution in [3.63, 3.8) is 0 Å². The van der Waals surface area contributed by atoms with Crippen molar-refractivity contribution in [1.82, 2.24) is 0 Å². The molecule has 0 spiro atoms. The van der Waals surface area contributed by atoms with E-state index < -0.39 is 0 Å². The smallest absolute Gasteiger partial charge is 0.282 e. The number of amides is 1. The maximum atomic E-state index is 13.5. The van der Waals surface area contributed by atoms with E-state index >= 15 is 0 Å². The van der Waals surface area contributed by atoms with Gasteiger partial charge in [-0.3, -0.25) is 9.69 Å². The predicted molar refractivity (Wildman–Crippen MR) is 147 cm³/mol. The van der Waals surface area contributed by atoms with Gasteiger partial charge in [0.05, 0.1) is 19.4 Å². The highest BCUT2D eigenvalue weighted by Crippen LogP contribution is 2.30. The number of rotatable bonds is 12. The Hall–Kier alpha value is -3.93. The lowest BCUT2D eigenvalue weighted by Gasteiger charge is -2.19. The first-order valence-corrected chi connectivity index (χ1v) is 12.9. The molecule has 6 heteroatoms. The Labute approximate surface area is 218 Å². The number of carbonyl (C=O) groups is 1. The van der Waals surface area contributed by atoms with Crippen LogP contribution in [0.1, 0.15) is 56.6 Å². The fourth-order valence-corrected chi connectivity index (χ4v) is 4.17. The van der Waals surface area contributed by atoms with Crippen LogP contribution in [0.15, 0.2) is 83.5 Å². The van der Waals surface area contributed by atoms with Gasteiger partial charge in [0.1, 0.15) is 28.8 Å². The second kappa shape index (κ2) is 12.9. The third kappa shape index (κ3) is 6.85. The van der Waals surface area contributed by atoms with Gasteiger partial charge in [0.15, 0.2) is 0 Å². The van der Waals surface area contributed by atoms with Crippen molar-refractivity contribution >= 4 is 23.5 Å². The fraction of sp³-hybridized carbons (Fsp3) is 0.290. The minimum Gasteiger partial charge on any atom is -0.497 e. The standard InChI is InChI=1S/C31H33FN2O3/c1-3-4-5-6-7-8-21-37-28-19-15-26(16-20-28)34-30(24-11-17-27(36-2)18-12-24)33-29(31(34)35)22-23-9-13-25(32)14-10-23/h9-20,22H,3-8,21H2,1-2H3. The third-order valence-electron chi connectivity index (χ3n) is 6.24. The van der Waals surface area contributed by atoms with Gasteiger partial charge in [0, 0.05) is 5.56 Å². The van der Waals surface area contributed by atoms with Crippen LogP contribution in [0, 0.1) is 5.82 Å². The lowest BCUT2D eigenvalue weighted by molar-refractivity contribution is -0.113. The molecular formula is C31H33FN2O3. The number of carbonyl (C=O) groups excluding carboxylic acids is 1. The van der Waals surface area contributed by atoms with Gasteiger partial charge >= 0.3 is 0 Å². The van der Waals surface area contributed by atoms with Gasteiger partial charge in [-0.2, -0.15) is 0 Å². The van der Waals surface area contributed by atoms with Gasteiger partial charge in [-0.25, -0.2) is 9.38 Å². The second-order valence-electron chi connectivity index (χ2n) is 9.00. The topological polar surface area (TPSA) is 51.1 Å². The van der Waals surface area contributed by atoms with Gasteiger partial charge in [0.2, 0.25) is 0 Å². The van der Waals surface area contributed by atoms with Crippen LogP contribution in [0.3, 0.4) is 0 Å². The van der Waals surface area contributed by atoms with Crippen molar-refractivity contribution in [2.75, 3.05) is 18.6 Å². The summed E-state index contributed by atoms with van der Waals surface area (Å²) in [6.07, 6.45) is 8.94. The average Bonchev–Trinajstić information content (AvgIpc) is 3.25. The van der Waals surface area contributed by atoms with Crippen molar-refractivity contribution < 1.29 is 18.7 Å². The molecular weight excluding hydrogens is 467 g/mol. The number of aliphatic imine (C=N–C) groups is 1. The van der Waals surface area contributed by atoms with Crippen molar-refractivity contribution in [1.29, 1.82) is 0 Å². The van der Waals surface area contributed by atoms with Crippen LogP contribution in [0.5, 0.6) is 11.5 Å². The van der Waals surface area contributed by atoms with Gasteiger partial charge < -0.3 is 9.47 Å². The Kier molecular flexibility index (Phi) is 9.08. The molecule has 1 aliphatic heterocycles. The van der Waals surface area contributed by atoms with E-state index in [1.54, 1.807) is 30.2 Å². The molecule has 5 nitrogen and oxygen atoms in total. The highest BCUT2D eigenvalue weighted by Gasteiger charge is 2.32. The molecule has 1 amide bonds. The molecule has 0 N–H and O–H groups in total. The minimum atomic E-state index is -0.331. The molecule has 0 aromatic heterocycles. The van der Waals surface area contributed by atoms with Crippen LogP contribution in [0.2, 0.25) is 0 Å². The van der Waals surface area contributed by atoms with Crippen LogP contribution in [-0.4, -0.2) is 25.5 Å². The van der Waals surface area contributed by atoms with Crippen LogP contribution in [-0.2, 0) is 4.79 Å². The van der Waals surface area contributed by atoms with E-state index in [1.807, 2.05) is 48.5 Å². The van der Waals surface area contributed by atoms with E-state index in [9.17, 15) is 9.18 Å². The van der Waals surface area contributed by atoms with E-state index in [0.29, 0.717) is 29.4 Å². The molecule has 0 atom stereocenters. The lowest BCUT2D eigenvalue weighted by Crippen LogP contribution is -2.32. The quantitative estimate of drug-likeness (QED) is 0.192. The summed E-state index contributed by atoms with van der Waals surface area (Å²) in [6.45, 7) is 2.90. The maximum Gasteiger partial charge on any atom is 0.282 e. The number of hydrogen-bond acceptors (Lipinski definition) is 4. The van der Waals surface area contributed by atoms with Gasteiger partial charge in [-0.1, -0.05) is 51.2 Å². The zero-order valence-corrected chi connectivity index (χ0v) is 21.5. The molecule has 3 aromatic carbocycles. The first kappa shape index (κ1) is 26.1. The lowest BCUT2D eigenvalue weighted by atomic mass is 10.1. The zero-order chi connectivity index (χ0) is 26.0. The summed E-state index contributed by atoms with van der Waals surface area (Å²) >= 11 is 0. The van der Waals surface area contributed by atoms with Crippen molar-refractivity contribution in [2.24, 2.45) is 4.99 Å². The Morgan fingerprint density at radius 2 is 1.49 bits per heavy atom. The maximum absolute atomic E-state index is 13.5. The number of anilines is 1. The van der Waals surface area contributed by atoms with E-state index in [1.165, 1.54) is 44.2 Å². The highest BCUT2D eigenvalue weighted by molar-refractivity contribution is 6.33. The number of nitrogens with zero attached hydrogens (tertiary/aromatic N) is 2. The number of unbranched alkanes of at least 4 members (excludes halogenated alkanes) is 5. The summed E-state index contributed by atoms with van der Waals surface area (Å²) in [5.41, 5.74) is 2.44. The zero-order valence-electron chi connectivity index (χ0n) is 21.5. The van der Waals surface area contributed by atoms with E-state index in [2.05, 4.69) is 11.9 Å². The number of benzene rings is 3. The van der Waals surface area contributed by atoms with Crippen LogP contribution >= 0.6 is 0 Å². The normalized spacial score (nSPS) is 14.2. The molecule has 0 saturated heterocycles. The molecule has 4 rings (SSSR count). The van der Waals surface area contributed by atoms with Crippen molar-refractivity contribution in [3.05, 3.63) is 95.4 Å². The molecule has 3 aromatic rings. The Morgan fingerprint density at radius 3 is 2.16 bits per heavy atom. The monoisotopic (exact) mass is 500 g/mol. The summed E-state index contributed by atoms with van der Waals surface area (Å²) in [7, 11) is 1.61. The van der Waals surface area contributed by atoms with Crippen molar-refractivity contribution in [2.45, 2.75) is 45.4 Å². The molecule has 192 valence electrons. The summed E-state index contributed by atoms with van der Waals surface area (Å²) in [4.78, 5) is 19.8. The van der Waals surface area contributed by atoms with Crippen LogP contribution in [0.25, 0.3) is 6.08 Å². The SMILES string of the molecule is CCCCCCCCOc1ccc(N2C(=O)C(=Cc3ccc(F)cc3)N=C2c2ccc(OC)cc2)cc1. The second-order valence-corrected chi connectivity index (χ2v) is 9.00. The summed E-state index contributed by atoms with van der Waals surface area (Å²) in [5, 5.41) is 0. The molecule has 0 saturated carbocycles. The highest BCUT2D eigenvalue weighted by atomic mass is 19.1. The number of hydrogen-bond donors (Lipinski definition) is 0. The van der Waals surface area contributed by atoms with Crippen LogP contribution in [0.4, 0.5) is 10.1 Å². The Morgan fingerprint density at radius 1 is 0.838 bits per heavy atom. The molecule has 1 heterocycles. The molecule has 1 aliphatic rings. The molecule has 0 bridgehead atoms. The first-order chi connectivity index (χ1) is 18.1. The number of amidine groups is 1. The molecule has 0 fully saturated rings. The van der Waals surface area contributed by atoms with Gasteiger partial charge in [-0.15, -0.1) is 0 Å². The molecule has 0 aliphatic carbocycles. The first-order valence-electron chi connectivity index (χ1n) is 12.9. The van der Waals surface area contributed by atoms with Crippen molar-refractivity contribution in [3.8, 4) is 11.5 Å². The van der Waals surface area contributed by atoms with E-state index in [4.69, 9.17) is 9.47 Å². The molecule has 37 heavy (non-hydrogen) atoms. The van der Waals surface area contributed by atoms with Gasteiger partial charge in [-0.05, 0) is 78.7 Å². The minimum absolute atomic E-state index is 0.254. The fourth-order valence-electron chi connectivity index (χ4n) is 4.17. The van der Waals surface area contributed by atoms with Gasteiger partial charge in [0.25, 0.3) is 5.91 Å². The van der Waals surface area contributed by atoms with Crippen LogP contribution < -0.4 is 14.4 Å². The third-order valence-corrected chi connectivity index (χ3v) is 6.24. The summed E-state index contributed by atoms with van der Waals surface area (Å²) < 4.78 is 24.5. The Bertz CT molecular complexity index is 1230. The summed E-state index contributed by atoms with van der Waals surface area (Å²) in [5.74, 6) is 1.42. The van der Waals surface area contributed by atoms with E-state index in [0.717, 1.165) is 17.7 Å². The summed E-state index contributed by atoms with van der Waals surface area (Å²) in [6, 6.07) is 20.9. The number of halogens is 1. The largest absolute Gasteiger partial charge is 0.497 e. The van der Waals surface area contributed by atoms with E-state index in [-0.39, 0.29) is 17.4 Å². The number of methoxy groups -OCH3 is 1. The average molecular weight is 501 g/mol. The number of ether oxygens (including phenoxy) is 2. The Balaban J connectivity index is 1.52. The molecule has 0 radical (unpaired) electrons.